The van der Waals surface area contributed by atoms with Crippen molar-refractivity contribution in [2.24, 2.45) is 15.4 Å². The zero-order valence-corrected chi connectivity index (χ0v) is 15.4. The van der Waals surface area contributed by atoms with Crippen molar-refractivity contribution in [2.45, 2.75) is 19.9 Å². The average Bonchev–Trinajstić information content (AvgIpc) is 3.36. The van der Waals surface area contributed by atoms with Gasteiger partial charge in [0.05, 0.1) is 23.3 Å². The van der Waals surface area contributed by atoms with Crippen molar-refractivity contribution in [3.8, 4) is 0 Å². The number of rotatable bonds is 4. The first-order valence-corrected chi connectivity index (χ1v) is 9.17. The summed E-state index contributed by atoms with van der Waals surface area (Å²) in [4.78, 5) is 16.3. The van der Waals surface area contributed by atoms with E-state index in [1.54, 1.807) is 0 Å². The van der Waals surface area contributed by atoms with Gasteiger partial charge in [-0.15, -0.1) is 5.10 Å². The average molecular weight is 370 g/mol. The van der Waals surface area contributed by atoms with Crippen molar-refractivity contribution >= 4 is 27.4 Å². The van der Waals surface area contributed by atoms with Crippen molar-refractivity contribution in [3.05, 3.63) is 75.8 Å². The van der Waals surface area contributed by atoms with E-state index in [0.29, 0.717) is 24.9 Å². The maximum atomic E-state index is 12.9. The second-order valence-corrected chi connectivity index (χ2v) is 7.00. The van der Waals surface area contributed by atoms with Crippen LogP contribution in [-0.4, -0.2) is 27.0 Å². The first-order valence-electron chi connectivity index (χ1n) is 9.17. The van der Waals surface area contributed by atoms with E-state index in [4.69, 9.17) is 5.10 Å². The Kier molecular flexibility index (Phi) is 3.86. The van der Waals surface area contributed by atoms with Crippen LogP contribution in [-0.2, 0) is 13.0 Å². The molecule has 1 aliphatic rings. The molecule has 0 radical (unpaired) electrons. The molecule has 0 saturated carbocycles. The van der Waals surface area contributed by atoms with Crippen LogP contribution in [0.15, 0.2) is 68.9 Å². The van der Waals surface area contributed by atoms with Gasteiger partial charge >= 0.3 is 0 Å². The topological polar surface area (TPSA) is 87.8 Å². The van der Waals surface area contributed by atoms with E-state index in [-0.39, 0.29) is 5.56 Å². The molecule has 7 heteroatoms. The number of aromatic amines is 1. The molecule has 1 N–H and O–H groups in total. The third-order valence-corrected chi connectivity index (χ3v) is 5.13. The molecule has 0 aliphatic carbocycles. The van der Waals surface area contributed by atoms with Crippen LogP contribution in [0.4, 0.5) is 0 Å². The molecular weight excluding hydrogens is 352 g/mol. The minimum Gasteiger partial charge on any atom is -0.361 e. The summed E-state index contributed by atoms with van der Waals surface area (Å²) in [6.07, 6.45) is 2.66. The molecule has 0 spiro atoms. The lowest BCUT2D eigenvalue weighted by Gasteiger charge is -2.11. The third kappa shape index (κ3) is 2.72. The van der Waals surface area contributed by atoms with E-state index in [2.05, 4.69) is 39.5 Å². The van der Waals surface area contributed by atoms with Crippen molar-refractivity contribution in [3.63, 3.8) is 0 Å². The molecule has 0 fully saturated rings. The predicted molar refractivity (Wildman–Crippen MR) is 109 cm³/mol. The second kappa shape index (κ2) is 6.53. The molecule has 2 aromatic carbocycles. The summed E-state index contributed by atoms with van der Waals surface area (Å²) >= 11 is 0. The van der Waals surface area contributed by atoms with Crippen LogP contribution < -0.4 is 5.56 Å². The third-order valence-electron chi connectivity index (χ3n) is 5.13. The van der Waals surface area contributed by atoms with E-state index in [9.17, 15) is 4.79 Å². The largest absolute Gasteiger partial charge is 0.361 e. The summed E-state index contributed by atoms with van der Waals surface area (Å²) in [5, 5.41) is 18.9. The predicted octanol–water partition coefficient (Wildman–Crippen LogP) is 3.60. The lowest BCUT2D eigenvalue weighted by Crippen LogP contribution is -2.28. The van der Waals surface area contributed by atoms with Crippen LogP contribution in [0.3, 0.4) is 0 Å². The Balaban J connectivity index is 1.65. The minimum absolute atomic E-state index is 0.121. The number of benzene rings is 2. The van der Waals surface area contributed by atoms with Gasteiger partial charge in [0, 0.05) is 28.9 Å². The number of hydrogen-bond acceptors (Lipinski definition) is 5. The molecule has 7 nitrogen and oxygen atoms in total. The maximum absolute atomic E-state index is 12.9. The number of hydrogen-bond donors (Lipinski definition) is 1. The monoisotopic (exact) mass is 370 g/mol. The van der Waals surface area contributed by atoms with E-state index >= 15 is 0 Å². The van der Waals surface area contributed by atoms with Gasteiger partial charge in [0.25, 0.3) is 5.56 Å². The fourth-order valence-electron chi connectivity index (χ4n) is 3.81. The highest BCUT2D eigenvalue weighted by atomic mass is 16.1. The quantitative estimate of drug-likeness (QED) is 0.595. The zero-order valence-electron chi connectivity index (χ0n) is 15.4. The Morgan fingerprint density at radius 2 is 1.96 bits per heavy atom. The van der Waals surface area contributed by atoms with Crippen molar-refractivity contribution in [1.82, 2.24) is 14.8 Å². The van der Waals surface area contributed by atoms with Gasteiger partial charge in [0.2, 0.25) is 0 Å². The summed E-state index contributed by atoms with van der Waals surface area (Å²) in [7, 11) is 0. The summed E-state index contributed by atoms with van der Waals surface area (Å²) in [5.74, 6) is 0. The first kappa shape index (κ1) is 16.6. The number of aryl methyl sites for hydroxylation is 1. The highest BCUT2D eigenvalue weighted by molar-refractivity contribution is 5.89. The molecule has 1 aliphatic heterocycles. The molecule has 0 bridgehead atoms. The van der Waals surface area contributed by atoms with Gasteiger partial charge in [-0.3, -0.25) is 4.79 Å². The van der Waals surface area contributed by atoms with Crippen molar-refractivity contribution in [1.29, 1.82) is 0 Å². The van der Waals surface area contributed by atoms with E-state index in [0.717, 1.165) is 22.3 Å². The summed E-state index contributed by atoms with van der Waals surface area (Å²) in [6, 6.07) is 13.9. The molecule has 2 aromatic heterocycles. The van der Waals surface area contributed by atoms with E-state index < -0.39 is 0 Å². The maximum Gasteiger partial charge on any atom is 0.275 e. The fourth-order valence-corrected chi connectivity index (χ4v) is 3.81. The van der Waals surface area contributed by atoms with Crippen LogP contribution in [0.25, 0.3) is 21.7 Å². The Bertz CT molecular complexity index is 1330. The lowest BCUT2D eigenvalue weighted by molar-refractivity contribution is 0.660. The van der Waals surface area contributed by atoms with Crippen LogP contribution in [0.2, 0.25) is 0 Å². The van der Waals surface area contributed by atoms with Crippen molar-refractivity contribution < 1.29 is 0 Å². The van der Waals surface area contributed by atoms with Crippen LogP contribution in [0.1, 0.15) is 16.8 Å². The summed E-state index contributed by atoms with van der Waals surface area (Å²) in [6.45, 7) is 2.83. The van der Waals surface area contributed by atoms with E-state index in [1.807, 2.05) is 36.5 Å². The Morgan fingerprint density at radius 1 is 1.11 bits per heavy atom. The van der Waals surface area contributed by atoms with Gasteiger partial charge < -0.3 is 4.98 Å². The van der Waals surface area contributed by atoms with Crippen molar-refractivity contribution in [2.75, 3.05) is 6.54 Å². The van der Waals surface area contributed by atoms with Gasteiger partial charge in [-0.1, -0.05) is 30.3 Å². The van der Waals surface area contributed by atoms with Crippen LogP contribution in [0.5, 0.6) is 0 Å². The molecule has 0 saturated heterocycles. The summed E-state index contributed by atoms with van der Waals surface area (Å²) < 4.78 is 1.48. The normalized spacial score (nSPS) is 13.5. The highest BCUT2D eigenvalue weighted by Crippen LogP contribution is 2.25. The van der Waals surface area contributed by atoms with Gasteiger partial charge in [-0.2, -0.15) is 10.2 Å². The number of nitrogens with one attached hydrogen (secondary N) is 1. The molecule has 28 heavy (non-hydrogen) atoms. The lowest BCUT2D eigenvalue weighted by atomic mass is 10.0. The number of aromatic nitrogens is 3. The zero-order chi connectivity index (χ0) is 19.1. The van der Waals surface area contributed by atoms with Gasteiger partial charge in [0.1, 0.15) is 6.54 Å². The number of fused-ring (bicyclic) bond motifs is 2. The molecule has 0 atom stereocenters. The van der Waals surface area contributed by atoms with Gasteiger partial charge in [-0.05, 0) is 35.4 Å². The molecule has 138 valence electrons. The molecule has 0 amide bonds. The smallest absolute Gasteiger partial charge is 0.275 e. The standard InChI is InChI=1S/C21H18N6O/c1-13-5-4-8-18-20(13)14(10-22-18)9-19-16-6-2-3-7-17(16)21(28)27(25-19)12-15-11-23-26-24-15/h2-8,10,22H,9,11-12H2,1H3. The number of nitrogens with zero attached hydrogens (tertiary/aromatic N) is 5. The summed E-state index contributed by atoms with van der Waals surface area (Å²) in [5.41, 5.74) is 4.97. The van der Waals surface area contributed by atoms with Gasteiger partial charge in [0.15, 0.2) is 0 Å². The van der Waals surface area contributed by atoms with Gasteiger partial charge in [-0.25, -0.2) is 4.68 Å². The fraction of sp³-hybridized carbons (Fsp3) is 0.190. The SMILES string of the molecule is Cc1cccc2[nH]cc(Cc3nn(CC4=NN=NC4)c(=O)c4ccccc34)c12. The Labute approximate surface area is 160 Å². The highest BCUT2D eigenvalue weighted by Gasteiger charge is 2.15. The Morgan fingerprint density at radius 3 is 2.79 bits per heavy atom. The molecule has 3 heterocycles. The first-order chi connectivity index (χ1) is 13.7. The van der Waals surface area contributed by atoms with Crippen LogP contribution >= 0.6 is 0 Å². The molecular formula is C21H18N6O. The number of H-pyrrole nitrogens is 1. The minimum atomic E-state index is -0.121. The van der Waals surface area contributed by atoms with E-state index in [1.165, 1.54) is 21.2 Å². The second-order valence-electron chi connectivity index (χ2n) is 7.00. The molecule has 0 unspecified atom stereocenters. The van der Waals surface area contributed by atoms with Crippen LogP contribution in [0, 0.1) is 6.92 Å². The molecule has 4 aromatic rings. The molecule has 5 rings (SSSR count). The Hall–Kier alpha value is -3.61.